The number of thiophene rings is 1. The first kappa shape index (κ1) is 18.2. The van der Waals surface area contributed by atoms with Crippen molar-refractivity contribution in [3.05, 3.63) is 22.4 Å². The van der Waals surface area contributed by atoms with E-state index in [4.69, 9.17) is 4.74 Å². The average Bonchev–Trinajstić information content (AvgIpc) is 3.07. The predicted octanol–water partition coefficient (Wildman–Crippen LogP) is 0.848. The number of nitrogens with one attached hydrogen (secondary N) is 2. The Kier molecular flexibility index (Phi) is 7.01. The highest BCUT2D eigenvalue weighted by Gasteiger charge is 2.23. The standard InChI is InChI=1S/C15H22N4O4S/c1-2-23-15(22)19-7-5-18(6-8-19)11-13(20)17-14(21)16-10-12-4-3-9-24-12/h3-4,9H,2,5-8,10-11H2,1H3,(H2,16,17,20,21). The number of rotatable bonds is 5. The molecule has 0 unspecified atom stereocenters. The third kappa shape index (κ3) is 5.82. The van der Waals surface area contributed by atoms with E-state index in [-0.39, 0.29) is 18.5 Å². The van der Waals surface area contributed by atoms with Gasteiger partial charge in [0.25, 0.3) is 0 Å². The van der Waals surface area contributed by atoms with Crippen molar-refractivity contribution in [3.63, 3.8) is 0 Å². The lowest BCUT2D eigenvalue weighted by molar-refractivity contribution is -0.121. The molecule has 9 heteroatoms. The van der Waals surface area contributed by atoms with Crippen LogP contribution >= 0.6 is 11.3 Å². The molecule has 8 nitrogen and oxygen atoms in total. The lowest BCUT2D eigenvalue weighted by Crippen LogP contribution is -2.52. The summed E-state index contributed by atoms with van der Waals surface area (Å²) in [6.45, 7) is 4.81. The molecule has 24 heavy (non-hydrogen) atoms. The summed E-state index contributed by atoms with van der Waals surface area (Å²) in [5, 5.41) is 6.88. The van der Waals surface area contributed by atoms with Crippen molar-refractivity contribution in [1.82, 2.24) is 20.4 Å². The number of carbonyl (C=O) groups is 3. The number of hydrogen-bond donors (Lipinski definition) is 2. The van der Waals surface area contributed by atoms with E-state index in [1.165, 1.54) is 0 Å². The van der Waals surface area contributed by atoms with Crippen molar-refractivity contribution in [3.8, 4) is 0 Å². The maximum atomic E-state index is 11.9. The van der Waals surface area contributed by atoms with Gasteiger partial charge in [0.15, 0.2) is 0 Å². The molecule has 2 heterocycles. The lowest BCUT2D eigenvalue weighted by Gasteiger charge is -2.33. The van der Waals surface area contributed by atoms with E-state index in [1.54, 1.807) is 23.2 Å². The highest BCUT2D eigenvalue weighted by Crippen LogP contribution is 2.07. The Balaban J connectivity index is 1.64. The van der Waals surface area contributed by atoms with Gasteiger partial charge < -0.3 is 15.0 Å². The van der Waals surface area contributed by atoms with E-state index in [1.807, 2.05) is 22.4 Å². The van der Waals surface area contributed by atoms with Gasteiger partial charge in [0.2, 0.25) is 5.91 Å². The third-order valence-electron chi connectivity index (χ3n) is 3.52. The predicted molar refractivity (Wildman–Crippen MR) is 89.7 cm³/mol. The maximum Gasteiger partial charge on any atom is 0.409 e. The second-order valence-electron chi connectivity index (χ2n) is 5.27. The number of imide groups is 1. The SMILES string of the molecule is CCOC(=O)N1CCN(CC(=O)NC(=O)NCc2cccs2)CC1. The molecule has 1 aliphatic rings. The van der Waals surface area contributed by atoms with Crippen molar-refractivity contribution < 1.29 is 19.1 Å². The molecule has 0 aromatic carbocycles. The van der Waals surface area contributed by atoms with Gasteiger partial charge in [0, 0.05) is 31.1 Å². The highest BCUT2D eigenvalue weighted by molar-refractivity contribution is 7.09. The first-order chi connectivity index (χ1) is 11.6. The van der Waals surface area contributed by atoms with E-state index in [2.05, 4.69) is 10.6 Å². The highest BCUT2D eigenvalue weighted by atomic mass is 32.1. The summed E-state index contributed by atoms with van der Waals surface area (Å²) in [6.07, 6.45) is -0.324. The smallest absolute Gasteiger partial charge is 0.409 e. The molecule has 0 spiro atoms. The van der Waals surface area contributed by atoms with Crippen LogP contribution in [0.15, 0.2) is 17.5 Å². The van der Waals surface area contributed by atoms with Gasteiger partial charge >= 0.3 is 12.1 Å². The Labute approximate surface area is 144 Å². The number of hydrogen-bond acceptors (Lipinski definition) is 6. The topological polar surface area (TPSA) is 91.0 Å². The first-order valence-electron chi connectivity index (χ1n) is 7.82. The van der Waals surface area contributed by atoms with E-state index in [0.29, 0.717) is 39.3 Å². The molecule has 1 aromatic rings. The Hall–Kier alpha value is -2.13. The summed E-state index contributed by atoms with van der Waals surface area (Å²) in [5.41, 5.74) is 0. The quantitative estimate of drug-likeness (QED) is 0.818. The van der Waals surface area contributed by atoms with Crippen LogP contribution in [0, 0.1) is 0 Å². The average molecular weight is 354 g/mol. The van der Waals surface area contributed by atoms with Gasteiger partial charge in [0.1, 0.15) is 0 Å². The molecule has 1 aliphatic heterocycles. The molecule has 0 atom stereocenters. The fraction of sp³-hybridized carbons (Fsp3) is 0.533. The fourth-order valence-electron chi connectivity index (χ4n) is 2.30. The number of nitrogens with zero attached hydrogens (tertiary/aromatic N) is 2. The minimum absolute atomic E-state index is 0.128. The van der Waals surface area contributed by atoms with Crippen LogP contribution in [0.5, 0.6) is 0 Å². The number of urea groups is 1. The van der Waals surface area contributed by atoms with Crippen LogP contribution in [0.4, 0.5) is 9.59 Å². The van der Waals surface area contributed by atoms with Crippen LogP contribution in [0.2, 0.25) is 0 Å². The summed E-state index contributed by atoms with van der Waals surface area (Å²) in [5.74, 6) is -0.358. The molecule has 132 valence electrons. The molecule has 0 radical (unpaired) electrons. The van der Waals surface area contributed by atoms with Gasteiger partial charge in [-0.25, -0.2) is 9.59 Å². The molecule has 1 saturated heterocycles. The zero-order valence-electron chi connectivity index (χ0n) is 13.6. The van der Waals surface area contributed by atoms with Crippen LogP contribution in [0.3, 0.4) is 0 Å². The molecule has 2 rings (SSSR count). The van der Waals surface area contributed by atoms with Crippen LogP contribution in [0.1, 0.15) is 11.8 Å². The van der Waals surface area contributed by atoms with Crippen LogP contribution in [-0.4, -0.2) is 67.2 Å². The van der Waals surface area contributed by atoms with Gasteiger partial charge in [0.05, 0.1) is 19.7 Å². The second-order valence-corrected chi connectivity index (χ2v) is 6.30. The van der Waals surface area contributed by atoms with Crippen molar-refractivity contribution in [2.45, 2.75) is 13.5 Å². The monoisotopic (exact) mass is 354 g/mol. The maximum absolute atomic E-state index is 11.9. The molecule has 1 fully saturated rings. The van der Waals surface area contributed by atoms with Crippen molar-refractivity contribution in [2.24, 2.45) is 0 Å². The molecule has 0 bridgehead atoms. The summed E-state index contributed by atoms with van der Waals surface area (Å²) in [4.78, 5) is 39.7. The first-order valence-corrected chi connectivity index (χ1v) is 8.70. The Morgan fingerprint density at radius 2 is 2.00 bits per heavy atom. The summed E-state index contributed by atoms with van der Waals surface area (Å²) in [6, 6.07) is 3.31. The molecule has 0 saturated carbocycles. The number of carbonyl (C=O) groups excluding carboxylic acids is 3. The van der Waals surface area contributed by atoms with E-state index >= 15 is 0 Å². The lowest BCUT2D eigenvalue weighted by atomic mass is 10.3. The van der Waals surface area contributed by atoms with Crippen molar-refractivity contribution in [1.29, 1.82) is 0 Å². The molecule has 0 aliphatic carbocycles. The Bertz CT molecular complexity index is 556. The fourth-order valence-corrected chi connectivity index (χ4v) is 2.94. The Morgan fingerprint density at radius 3 is 2.62 bits per heavy atom. The van der Waals surface area contributed by atoms with Gasteiger partial charge in [-0.15, -0.1) is 11.3 Å². The number of piperazine rings is 1. The van der Waals surface area contributed by atoms with Gasteiger partial charge in [-0.05, 0) is 18.4 Å². The van der Waals surface area contributed by atoms with Crippen LogP contribution in [0.25, 0.3) is 0 Å². The van der Waals surface area contributed by atoms with Crippen molar-refractivity contribution >= 4 is 29.4 Å². The Morgan fingerprint density at radius 1 is 1.25 bits per heavy atom. The van der Waals surface area contributed by atoms with Gasteiger partial charge in [-0.2, -0.15) is 0 Å². The largest absolute Gasteiger partial charge is 0.450 e. The third-order valence-corrected chi connectivity index (χ3v) is 4.40. The minimum atomic E-state index is -0.501. The van der Waals surface area contributed by atoms with Crippen molar-refractivity contribution in [2.75, 3.05) is 39.3 Å². The number of ether oxygens (including phenoxy) is 1. The summed E-state index contributed by atoms with van der Waals surface area (Å²) < 4.78 is 4.94. The molecule has 1 aromatic heterocycles. The van der Waals surface area contributed by atoms with Crippen LogP contribution in [-0.2, 0) is 16.1 Å². The normalized spacial score (nSPS) is 15.0. The molecule has 4 amide bonds. The minimum Gasteiger partial charge on any atom is -0.450 e. The molecular weight excluding hydrogens is 332 g/mol. The zero-order valence-corrected chi connectivity index (χ0v) is 14.4. The van der Waals surface area contributed by atoms with E-state index in [9.17, 15) is 14.4 Å². The van der Waals surface area contributed by atoms with Gasteiger partial charge in [-0.3, -0.25) is 15.0 Å². The zero-order chi connectivity index (χ0) is 17.4. The second kappa shape index (κ2) is 9.24. The molecular formula is C15H22N4O4S. The van der Waals surface area contributed by atoms with Crippen LogP contribution < -0.4 is 10.6 Å². The summed E-state index contributed by atoms with van der Waals surface area (Å²) in [7, 11) is 0. The van der Waals surface area contributed by atoms with E-state index in [0.717, 1.165) is 4.88 Å². The summed E-state index contributed by atoms with van der Waals surface area (Å²) >= 11 is 1.54. The van der Waals surface area contributed by atoms with E-state index < -0.39 is 6.03 Å². The molecule has 2 N–H and O–H groups in total. The number of amides is 4. The van der Waals surface area contributed by atoms with Gasteiger partial charge in [-0.1, -0.05) is 6.07 Å².